The Kier molecular flexibility index (Phi) is 7.78. The number of halogens is 1. The van der Waals surface area contributed by atoms with Gasteiger partial charge in [-0.15, -0.1) is 11.3 Å². The maximum absolute atomic E-state index is 14.8. The third-order valence-electron chi connectivity index (χ3n) is 7.49. The highest BCUT2D eigenvalue weighted by Gasteiger charge is 2.46. The highest BCUT2D eigenvalue weighted by molar-refractivity contribution is 7.10. The van der Waals surface area contributed by atoms with Crippen LogP contribution in [0.3, 0.4) is 0 Å². The summed E-state index contributed by atoms with van der Waals surface area (Å²) in [6, 6.07) is 11.6. The smallest absolute Gasteiger partial charge is 0.310 e. The van der Waals surface area contributed by atoms with Gasteiger partial charge in [-0.05, 0) is 79.5 Å². The molecule has 0 spiro atoms. The van der Waals surface area contributed by atoms with Crippen LogP contribution in [0, 0.1) is 17.7 Å². The Morgan fingerprint density at radius 2 is 1.95 bits per heavy atom. The molecule has 0 unspecified atom stereocenters. The van der Waals surface area contributed by atoms with E-state index >= 15 is 0 Å². The molecule has 2 aromatic heterocycles. The van der Waals surface area contributed by atoms with Crippen LogP contribution in [0.4, 0.5) is 4.39 Å². The first kappa shape index (κ1) is 28.3. The second-order valence-corrected chi connectivity index (χ2v) is 11.7. The second kappa shape index (κ2) is 11.8. The summed E-state index contributed by atoms with van der Waals surface area (Å²) in [5.41, 5.74) is 2.46. The minimum atomic E-state index is -0.839. The van der Waals surface area contributed by atoms with E-state index < -0.39 is 23.4 Å². The topological polar surface area (TPSA) is 118 Å². The highest BCUT2D eigenvalue weighted by atomic mass is 32.1. The van der Waals surface area contributed by atoms with E-state index in [2.05, 4.69) is 37.9 Å². The molecule has 2 aromatic carbocycles. The molecule has 0 aliphatic heterocycles. The van der Waals surface area contributed by atoms with Gasteiger partial charge in [-0.1, -0.05) is 24.1 Å². The number of benzene rings is 2. The Balaban J connectivity index is 1.10. The quantitative estimate of drug-likeness (QED) is 0.209. The second-order valence-electron chi connectivity index (χ2n) is 10.8. The molecular formula is C32H29FN6O3S. The monoisotopic (exact) mass is 596 g/mol. The summed E-state index contributed by atoms with van der Waals surface area (Å²) in [5, 5.41) is 15.1. The minimum absolute atomic E-state index is 0.0306. The van der Waals surface area contributed by atoms with Crippen molar-refractivity contribution in [2.24, 2.45) is 0 Å². The van der Waals surface area contributed by atoms with Crippen molar-refractivity contribution >= 4 is 29.1 Å². The van der Waals surface area contributed by atoms with Gasteiger partial charge in [-0.2, -0.15) is 5.10 Å². The van der Waals surface area contributed by atoms with Gasteiger partial charge in [0.1, 0.15) is 5.82 Å². The fourth-order valence-corrected chi connectivity index (χ4v) is 5.35. The third-order valence-corrected chi connectivity index (χ3v) is 8.18. The molecule has 0 saturated heterocycles. The van der Waals surface area contributed by atoms with E-state index in [4.69, 9.17) is 0 Å². The lowest BCUT2D eigenvalue weighted by atomic mass is 9.98. The van der Waals surface area contributed by atoms with Crippen molar-refractivity contribution in [2.75, 3.05) is 0 Å². The van der Waals surface area contributed by atoms with Crippen LogP contribution in [-0.2, 0) is 21.7 Å². The van der Waals surface area contributed by atoms with Crippen molar-refractivity contribution in [3.63, 3.8) is 0 Å². The molecule has 2 aliphatic carbocycles. The first-order valence-corrected chi connectivity index (χ1v) is 14.9. The molecule has 3 amide bonds. The molecule has 9 nitrogen and oxygen atoms in total. The molecule has 11 heteroatoms. The number of carbonyl (C=O) groups excluding carboxylic acids is 3. The Hall–Kier alpha value is -4.82. The van der Waals surface area contributed by atoms with E-state index in [1.165, 1.54) is 23.5 Å². The number of hydrogen-bond donors (Lipinski definition) is 3. The van der Waals surface area contributed by atoms with Gasteiger partial charge in [0.2, 0.25) is 0 Å². The molecule has 43 heavy (non-hydrogen) atoms. The van der Waals surface area contributed by atoms with Gasteiger partial charge in [0, 0.05) is 35.4 Å². The maximum Gasteiger partial charge on any atom is 0.310 e. The molecule has 4 aromatic rings. The molecule has 2 fully saturated rings. The molecule has 1 atom stereocenters. The fraction of sp³-hybridized carbons (Fsp3) is 0.281. The van der Waals surface area contributed by atoms with E-state index in [-0.39, 0.29) is 18.3 Å². The van der Waals surface area contributed by atoms with Crippen molar-refractivity contribution in [3.05, 3.63) is 94.0 Å². The number of nitrogens with one attached hydrogen (secondary N) is 3. The lowest BCUT2D eigenvalue weighted by Gasteiger charge is -2.20. The lowest BCUT2D eigenvalue weighted by Crippen LogP contribution is -2.43. The summed E-state index contributed by atoms with van der Waals surface area (Å²) < 4.78 is 16.7. The van der Waals surface area contributed by atoms with Crippen molar-refractivity contribution in [2.45, 2.75) is 56.8 Å². The van der Waals surface area contributed by atoms with E-state index in [0.717, 1.165) is 18.4 Å². The van der Waals surface area contributed by atoms with Gasteiger partial charge in [0.25, 0.3) is 5.91 Å². The highest BCUT2D eigenvalue weighted by Crippen LogP contribution is 2.47. The minimum Gasteiger partial charge on any atom is -0.344 e. The third kappa shape index (κ3) is 6.65. The Labute approximate surface area is 251 Å². The zero-order valence-corrected chi connectivity index (χ0v) is 24.2. The van der Waals surface area contributed by atoms with Crippen LogP contribution in [0.15, 0.2) is 66.4 Å². The van der Waals surface area contributed by atoms with Crippen molar-refractivity contribution in [3.8, 4) is 23.0 Å². The summed E-state index contributed by atoms with van der Waals surface area (Å²) in [6.07, 6.45) is 8.87. The number of aromatic nitrogens is 3. The van der Waals surface area contributed by atoms with Crippen LogP contribution >= 0.6 is 11.3 Å². The zero-order valence-electron chi connectivity index (χ0n) is 23.4. The summed E-state index contributed by atoms with van der Waals surface area (Å²) in [5.74, 6) is 3.30. The van der Waals surface area contributed by atoms with Crippen LogP contribution in [0.25, 0.3) is 11.1 Å². The number of thiazole rings is 1. The molecule has 6 rings (SSSR count). The maximum atomic E-state index is 14.8. The average Bonchev–Trinajstić information content (AvgIpc) is 3.89. The van der Waals surface area contributed by atoms with Gasteiger partial charge in [-0.3, -0.25) is 19.1 Å². The van der Waals surface area contributed by atoms with Crippen LogP contribution in [0.1, 0.15) is 65.1 Å². The van der Waals surface area contributed by atoms with Gasteiger partial charge < -0.3 is 16.0 Å². The number of rotatable bonds is 8. The van der Waals surface area contributed by atoms with Crippen LogP contribution < -0.4 is 16.0 Å². The number of amides is 3. The molecular weight excluding hydrogens is 567 g/mol. The van der Waals surface area contributed by atoms with E-state index in [9.17, 15) is 18.8 Å². The Morgan fingerprint density at radius 1 is 1.14 bits per heavy atom. The standard InChI is InChI=1S/C32H29FN6O3S/c1-20(6-9-28-34-12-13-43-28)37-31(42)30(41)35-17-21-4-2-3-5-27(21)29(40)38-32(10-11-32)24-14-22(15-25(33)16-24)23-18-36-39(19-23)26-7-8-26/h2-5,12-16,18-20,26H,7-8,10-11,17H2,1H3,(H,35,41)(H,37,42)(H,38,40)/t20-/m0/s1. The van der Waals surface area contributed by atoms with Crippen molar-refractivity contribution in [1.29, 1.82) is 0 Å². The molecule has 3 N–H and O–H groups in total. The molecule has 2 saturated carbocycles. The van der Waals surface area contributed by atoms with E-state index in [0.29, 0.717) is 46.1 Å². The van der Waals surface area contributed by atoms with Gasteiger partial charge in [-0.25, -0.2) is 9.37 Å². The molecule has 218 valence electrons. The van der Waals surface area contributed by atoms with Gasteiger partial charge in [0.15, 0.2) is 5.01 Å². The Morgan fingerprint density at radius 3 is 2.70 bits per heavy atom. The molecule has 0 bridgehead atoms. The number of nitrogens with zero attached hydrogens (tertiary/aromatic N) is 3. The number of carbonyl (C=O) groups is 3. The SMILES string of the molecule is C[C@@H](C#Cc1nccs1)NC(=O)C(=O)NCc1ccccc1C(=O)NC1(c2cc(F)cc(-c3cnn(C4CC4)c3)c2)CC1. The van der Waals surface area contributed by atoms with E-state index in [1.807, 2.05) is 16.9 Å². The average molecular weight is 597 g/mol. The first-order valence-electron chi connectivity index (χ1n) is 14.1. The van der Waals surface area contributed by atoms with E-state index in [1.54, 1.807) is 49.0 Å². The predicted octanol–water partition coefficient (Wildman–Crippen LogP) is 4.07. The molecule has 2 aliphatic rings. The molecule has 2 heterocycles. The van der Waals surface area contributed by atoms with Crippen LogP contribution in [-0.4, -0.2) is 38.5 Å². The van der Waals surface area contributed by atoms with Gasteiger partial charge >= 0.3 is 11.8 Å². The zero-order chi connectivity index (χ0) is 30.0. The summed E-state index contributed by atoms with van der Waals surface area (Å²) in [4.78, 5) is 42.4. The first-order chi connectivity index (χ1) is 20.8. The largest absolute Gasteiger partial charge is 0.344 e. The van der Waals surface area contributed by atoms with Crippen LogP contribution in [0.2, 0.25) is 0 Å². The lowest BCUT2D eigenvalue weighted by molar-refractivity contribution is -0.139. The number of hydrogen-bond acceptors (Lipinski definition) is 6. The fourth-order valence-electron chi connectivity index (χ4n) is 4.86. The van der Waals surface area contributed by atoms with Crippen LogP contribution in [0.5, 0.6) is 0 Å². The normalized spacial score (nSPS) is 15.5. The molecule has 0 radical (unpaired) electrons. The summed E-state index contributed by atoms with van der Waals surface area (Å²) in [7, 11) is 0. The van der Waals surface area contributed by atoms with Gasteiger partial charge in [0.05, 0.1) is 23.8 Å². The predicted molar refractivity (Wildman–Crippen MR) is 159 cm³/mol. The summed E-state index contributed by atoms with van der Waals surface area (Å²) >= 11 is 1.38. The van der Waals surface area contributed by atoms with Crippen molar-refractivity contribution < 1.29 is 18.8 Å². The Bertz CT molecular complexity index is 1750. The summed E-state index contributed by atoms with van der Waals surface area (Å²) in [6.45, 7) is 1.64. The van der Waals surface area contributed by atoms with Crippen molar-refractivity contribution in [1.82, 2.24) is 30.7 Å².